The molecule has 0 saturated heterocycles. The standard InChI is InChI=1S/C14H22N4O/c1-2-5-13(17)14(19)18-9-8-12(16)10-6-3-4-7-11(10)15/h3-4,6-7,13,16H,2,5,8-9,15,17H2,1H3,(H,18,19). The van der Waals surface area contributed by atoms with Crippen LogP contribution in [0.4, 0.5) is 5.69 Å². The zero-order chi connectivity index (χ0) is 14.3. The number of nitrogens with two attached hydrogens (primary N) is 2. The molecule has 0 aliphatic carbocycles. The minimum Gasteiger partial charge on any atom is -0.398 e. The first-order chi connectivity index (χ1) is 9.06. The van der Waals surface area contributed by atoms with Crippen molar-refractivity contribution >= 4 is 17.3 Å². The largest absolute Gasteiger partial charge is 0.398 e. The van der Waals surface area contributed by atoms with Crippen LogP contribution in [0.25, 0.3) is 0 Å². The molecule has 1 aromatic rings. The van der Waals surface area contributed by atoms with Gasteiger partial charge in [0.1, 0.15) is 0 Å². The molecule has 6 N–H and O–H groups in total. The van der Waals surface area contributed by atoms with Gasteiger partial charge < -0.3 is 22.2 Å². The van der Waals surface area contributed by atoms with Gasteiger partial charge in [0.2, 0.25) is 5.91 Å². The van der Waals surface area contributed by atoms with Crippen molar-refractivity contribution in [2.24, 2.45) is 5.73 Å². The fraction of sp³-hybridized carbons (Fsp3) is 0.429. The number of nitrogen functional groups attached to an aromatic ring is 1. The molecule has 1 amide bonds. The number of carbonyl (C=O) groups is 1. The van der Waals surface area contributed by atoms with Crippen molar-refractivity contribution in [3.63, 3.8) is 0 Å². The number of nitrogens with one attached hydrogen (secondary N) is 2. The minimum absolute atomic E-state index is 0.157. The van der Waals surface area contributed by atoms with Crippen LogP contribution in [0.2, 0.25) is 0 Å². The van der Waals surface area contributed by atoms with Crippen molar-refractivity contribution in [2.75, 3.05) is 12.3 Å². The van der Waals surface area contributed by atoms with E-state index < -0.39 is 6.04 Å². The molecule has 0 bridgehead atoms. The van der Waals surface area contributed by atoms with Crippen molar-refractivity contribution in [2.45, 2.75) is 32.2 Å². The Balaban J connectivity index is 2.40. The molecule has 104 valence electrons. The van der Waals surface area contributed by atoms with Gasteiger partial charge in [0.05, 0.1) is 6.04 Å². The Morgan fingerprint density at radius 3 is 2.74 bits per heavy atom. The summed E-state index contributed by atoms with van der Waals surface area (Å²) in [4.78, 5) is 11.6. The predicted molar refractivity (Wildman–Crippen MR) is 78.2 cm³/mol. The lowest BCUT2D eigenvalue weighted by Crippen LogP contribution is -2.41. The van der Waals surface area contributed by atoms with E-state index in [0.29, 0.717) is 30.8 Å². The van der Waals surface area contributed by atoms with Crippen LogP contribution in [0.5, 0.6) is 0 Å². The molecule has 19 heavy (non-hydrogen) atoms. The molecular formula is C14H22N4O. The smallest absolute Gasteiger partial charge is 0.236 e. The van der Waals surface area contributed by atoms with Crippen LogP contribution in [0.1, 0.15) is 31.7 Å². The van der Waals surface area contributed by atoms with E-state index in [1.54, 1.807) is 6.07 Å². The molecule has 0 aliphatic rings. The van der Waals surface area contributed by atoms with Gasteiger partial charge in [-0.2, -0.15) is 0 Å². The number of anilines is 1. The summed E-state index contributed by atoms with van der Waals surface area (Å²) in [6.07, 6.45) is 2.00. The van der Waals surface area contributed by atoms with Gasteiger partial charge in [-0.15, -0.1) is 0 Å². The number of amides is 1. The number of benzene rings is 1. The van der Waals surface area contributed by atoms with Crippen LogP contribution in [-0.4, -0.2) is 24.2 Å². The van der Waals surface area contributed by atoms with Gasteiger partial charge in [-0.25, -0.2) is 0 Å². The molecule has 5 nitrogen and oxygen atoms in total. The molecular weight excluding hydrogens is 240 g/mol. The molecule has 0 radical (unpaired) electrons. The third-order valence-electron chi connectivity index (χ3n) is 2.90. The molecule has 0 aromatic heterocycles. The normalized spacial score (nSPS) is 11.9. The van der Waals surface area contributed by atoms with Gasteiger partial charge in [-0.3, -0.25) is 4.79 Å². The van der Waals surface area contributed by atoms with E-state index in [1.807, 2.05) is 25.1 Å². The highest BCUT2D eigenvalue weighted by Gasteiger charge is 2.12. The van der Waals surface area contributed by atoms with E-state index in [9.17, 15) is 4.79 Å². The Kier molecular flexibility index (Phi) is 6.02. The summed E-state index contributed by atoms with van der Waals surface area (Å²) in [5.74, 6) is -0.157. The third kappa shape index (κ3) is 4.71. The quantitative estimate of drug-likeness (QED) is 0.439. The maximum atomic E-state index is 11.6. The van der Waals surface area contributed by atoms with Gasteiger partial charge in [-0.1, -0.05) is 31.5 Å². The van der Waals surface area contributed by atoms with Crippen molar-refractivity contribution in [1.82, 2.24) is 5.32 Å². The van der Waals surface area contributed by atoms with E-state index in [4.69, 9.17) is 16.9 Å². The summed E-state index contributed by atoms with van der Waals surface area (Å²) < 4.78 is 0. The summed E-state index contributed by atoms with van der Waals surface area (Å²) in [6.45, 7) is 2.39. The highest BCUT2D eigenvalue weighted by atomic mass is 16.2. The van der Waals surface area contributed by atoms with Crippen LogP contribution in [0, 0.1) is 5.41 Å². The monoisotopic (exact) mass is 262 g/mol. The summed E-state index contributed by atoms with van der Waals surface area (Å²) in [5.41, 5.74) is 13.2. The topological polar surface area (TPSA) is 105 Å². The van der Waals surface area contributed by atoms with Crippen LogP contribution >= 0.6 is 0 Å². The second-order valence-electron chi connectivity index (χ2n) is 4.50. The Bertz CT molecular complexity index is 445. The van der Waals surface area contributed by atoms with E-state index in [0.717, 1.165) is 12.0 Å². The van der Waals surface area contributed by atoms with Gasteiger partial charge in [0.15, 0.2) is 0 Å². The van der Waals surface area contributed by atoms with Crippen molar-refractivity contribution in [1.29, 1.82) is 5.41 Å². The van der Waals surface area contributed by atoms with Crippen LogP contribution in [0.15, 0.2) is 24.3 Å². The van der Waals surface area contributed by atoms with Crippen molar-refractivity contribution in [3.8, 4) is 0 Å². The first-order valence-corrected chi connectivity index (χ1v) is 6.51. The molecule has 0 saturated carbocycles. The fourth-order valence-corrected chi connectivity index (χ4v) is 1.79. The minimum atomic E-state index is -0.457. The Labute approximate surface area is 113 Å². The Hall–Kier alpha value is -1.88. The average molecular weight is 262 g/mol. The van der Waals surface area contributed by atoms with Crippen LogP contribution in [-0.2, 0) is 4.79 Å². The fourth-order valence-electron chi connectivity index (χ4n) is 1.79. The number of hydrogen-bond acceptors (Lipinski definition) is 4. The van der Waals surface area contributed by atoms with Gasteiger partial charge >= 0.3 is 0 Å². The average Bonchev–Trinajstić information content (AvgIpc) is 2.39. The molecule has 1 unspecified atom stereocenters. The third-order valence-corrected chi connectivity index (χ3v) is 2.90. The maximum Gasteiger partial charge on any atom is 0.236 e. The van der Waals surface area contributed by atoms with Crippen molar-refractivity contribution in [3.05, 3.63) is 29.8 Å². The predicted octanol–water partition coefficient (Wildman–Crippen LogP) is 1.27. The lowest BCUT2D eigenvalue weighted by atomic mass is 10.1. The lowest BCUT2D eigenvalue weighted by Gasteiger charge is -2.12. The molecule has 1 rings (SSSR count). The molecule has 0 fully saturated rings. The molecule has 0 aliphatic heterocycles. The van der Waals surface area contributed by atoms with Crippen LogP contribution < -0.4 is 16.8 Å². The van der Waals surface area contributed by atoms with E-state index in [1.165, 1.54) is 0 Å². The number of hydrogen-bond donors (Lipinski definition) is 4. The highest BCUT2D eigenvalue weighted by molar-refractivity contribution is 6.02. The Morgan fingerprint density at radius 2 is 2.11 bits per heavy atom. The first kappa shape index (κ1) is 15.2. The SMILES string of the molecule is CCCC(N)C(=O)NCCC(=N)c1ccccc1N. The zero-order valence-corrected chi connectivity index (χ0v) is 11.3. The summed E-state index contributed by atoms with van der Waals surface area (Å²) in [7, 11) is 0. The van der Waals surface area contributed by atoms with Gasteiger partial charge in [-0.05, 0) is 12.5 Å². The molecule has 0 spiro atoms. The Morgan fingerprint density at radius 1 is 1.42 bits per heavy atom. The van der Waals surface area contributed by atoms with E-state index in [2.05, 4.69) is 5.32 Å². The first-order valence-electron chi connectivity index (χ1n) is 6.51. The van der Waals surface area contributed by atoms with Gasteiger partial charge in [0, 0.05) is 29.9 Å². The maximum absolute atomic E-state index is 11.6. The zero-order valence-electron chi connectivity index (χ0n) is 11.3. The second-order valence-corrected chi connectivity index (χ2v) is 4.50. The summed E-state index contributed by atoms with van der Waals surface area (Å²) >= 11 is 0. The second kappa shape index (κ2) is 7.53. The van der Waals surface area contributed by atoms with Crippen LogP contribution in [0.3, 0.4) is 0 Å². The van der Waals surface area contributed by atoms with E-state index >= 15 is 0 Å². The molecule has 5 heteroatoms. The molecule has 0 heterocycles. The number of rotatable bonds is 7. The molecule has 1 aromatic carbocycles. The number of carbonyl (C=O) groups excluding carboxylic acids is 1. The van der Waals surface area contributed by atoms with Gasteiger partial charge in [0.25, 0.3) is 0 Å². The number of para-hydroxylation sites is 1. The summed E-state index contributed by atoms with van der Waals surface area (Å²) in [5, 5.41) is 10.7. The molecule has 1 atom stereocenters. The summed E-state index contributed by atoms with van der Waals surface area (Å²) in [6, 6.07) is 6.79. The van der Waals surface area contributed by atoms with E-state index in [-0.39, 0.29) is 5.91 Å². The lowest BCUT2D eigenvalue weighted by molar-refractivity contribution is -0.122. The van der Waals surface area contributed by atoms with Crippen molar-refractivity contribution < 1.29 is 4.79 Å². The highest BCUT2D eigenvalue weighted by Crippen LogP contribution is 2.12.